The highest BCUT2D eigenvalue weighted by atomic mass is 79.9. The van der Waals surface area contributed by atoms with E-state index in [1.807, 2.05) is 30.3 Å². The third-order valence-corrected chi connectivity index (χ3v) is 3.56. The van der Waals surface area contributed by atoms with Crippen molar-refractivity contribution < 1.29 is 13.9 Å². The molecule has 2 aromatic rings. The average Bonchev–Trinajstić information content (AvgIpc) is 2.52. The summed E-state index contributed by atoms with van der Waals surface area (Å²) >= 11 is 3.37. The molecule has 0 unspecified atom stereocenters. The summed E-state index contributed by atoms with van der Waals surface area (Å²) in [4.78, 5) is 11.7. The Bertz CT molecular complexity index is 725. The molecular weight excluding hydrogens is 349 g/mol. The number of carbonyl (C=O) groups is 1. The van der Waals surface area contributed by atoms with E-state index in [4.69, 9.17) is 10.00 Å². The minimum absolute atomic E-state index is 0.168. The van der Waals surface area contributed by atoms with Gasteiger partial charge in [0.15, 0.2) is 0 Å². The van der Waals surface area contributed by atoms with Crippen LogP contribution in [0.3, 0.4) is 0 Å². The third-order valence-electron chi connectivity index (χ3n) is 3.07. The van der Waals surface area contributed by atoms with E-state index in [-0.39, 0.29) is 18.6 Å². The molecule has 0 saturated heterocycles. The van der Waals surface area contributed by atoms with Gasteiger partial charge in [0.25, 0.3) is 0 Å². The van der Waals surface area contributed by atoms with Crippen LogP contribution in [0.4, 0.5) is 4.39 Å². The van der Waals surface area contributed by atoms with Crippen LogP contribution in [0.2, 0.25) is 0 Å². The SMILES string of the molecule is N#Cc1ccc(F)c(COC(=O)CCc2cccc(Br)c2)c1. The number of rotatable bonds is 5. The lowest BCUT2D eigenvalue weighted by atomic mass is 10.1. The van der Waals surface area contributed by atoms with Crippen molar-refractivity contribution >= 4 is 21.9 Å². The Morgan fingerprint density at radius 2 is 2.09 bits per heavy atom. The van der Waals surface area contributed by atoms with Gasteiger partial charge >= 0.3 is 5.97 Å². The summed E-state index contributed by atoms with van der Waals surface area (Å²) in [5.41, 5.74) is 1.56. The minimum atomic E-state index is -0.487. The second kappa shape index (κ2) is 7.71. The lowest BCUT2D eigenvalue weighted by molar-refractivity contribution is -0.144. The lowest BCUT2D eigenvalue weighted by Gasteiger charge is -2.07. The van der Waals surface area contributed by atoms with E-state index in [1.54, 1.807) is 0 Å². The number of hydrogen-bond acceptors (Lipinski definition) is 3. The average molecular weight is 362 g/mol. The van der Waals surface area contributed by atoms with Gasteiger partial charge in [0.1, 0.15) is 12.4 Å². The Labute approximate surface area is 136 Å². The van der Waals surface area contributed by atoms with Gasteiger partial charge in [-0.3, -0.25) is 4.79 Å². The maximum Gasteiger partial charge on any atom is 0.306 e. The van der Waals surface area contributed by atoms with Crippen molar-refractivity contribution in [1.82, 2.24) is 0 Å². The van der Waals surface area contributed by atoms with Crippen molar-refractivity contribution in [1.29, 1.82) is 5.26 Å². The standard InChI is InChI=1S/C17H13BrFNO2/c18-15-3-1-2-12(9-15)5-7-17(21)22-11-14-8-13(10-20)4-6-16(14)19/h1-4,6,8-9H,5,7,11H2. The molecule has 0 aliphatic rings. The molecule has 0 amide bonds. The molecular formula is C17H13BrFNO2. The molecule has 0 aliphatic heterocycles. The summed E-state index contributed by atoms with van der Waals surface area (Å²) in [5.74, 6) is -0.888. The molecule has 0 aromatic heterocycles. The largest absolute Gasteiger partial charge is 0.461 e. The normalized spacial score (nSPS) is 10.0. The number of halogens is 2. The number of nitrogens with zero attached hydrogens (tertiary/aromatic N) is 1. The van der Waals surface area contributed by atoms with Crippen LogP contribution in [0.25, 0.3) is 0 Å². The number of benzene rings is 2. The van der Waals surface area contributed by atoms with Gasteiger partial charge in [0, 0.05) is 16.5 Å². The third kappa shape index (κ3) is 4.68. The maximum absolute atomic E-state index is 13.5. The number of esters is 1. The van der Waals surface area contributed by atoms with Crippen molar-refractivity contribution in [2.75, 3.05) is 0 Å². The van der Waals surface area contributed by atoms with Crippen molar-refractivity contribution in [2.45, 2.75) is 19.4 Å². The number of carbonyl (C=O) groups excluding carboxylic acids is 1. The summed E-state index contributed by atoms with van der Waals surface area (Å²) in [6.07, 6.45) is 0.773. The predicted octanol–water partition coefficient (Wildman–Crippen LogP) is 4.14. The fourth-order valence-corrected chi connectivity index (χ4v) is 2.37. The fraction of sp³-hybridized carbons (Fsp3) is 0.176. The Hall–Kier alpha value is -2.19. The van der Waals surface area contributed by atoms with Gasteiger partial charge in [-0.15, -0.1) is 0 Å². The first-order valence-electron chi connectivity index (χ1n) is 6.67. The summed E-state index contributed by atoms with van der Waals surface area (Å²) in [7, 11) is 0. The number of ether oxygens (including phenoxy) is 1. The summed E-state index contributed by atoms with van der Waals surface area (Å²) in [6.45, 7) is -0.168. The van der Waals surface area contributed by atoms with E-state index < -0.39 is 11.8 Å². The number of nitriles is 1. The van der Waals surface area contributed by atoms with Crippen molar-refractivity contribution in [2.24, 2.45) is 0 Å². The minimum Gasteiger partial charge on any atom is -0.461 e. The molecule has 0 radical (unpaired) electrons. The van der Waals surface area contributed by atoms with E-state index in [1.165, 1.54) is 18.2 Å². The Balaban J connectivity index is 1.87. The van der Waals surface area contributed by atoms with E-state index >= 15 is 0 Å². The fourth-order valence-electron chi connectivity index (χ4n) is 1.92. The van der Waals surface area contributed by atoms with Crippen LogP contribution in [0.1, 0.15) is 23.1 Å². The molecule has 0 atom stereocenters. The van der Waals surface area contributed by atoms with Gasteiger partial charge in [0.05, 0.1) is 11.6 Å². The quantitative estimate of drug-likeness (QED) is 0.752. The Morgan fingerprint density at radius 1 is 1.27 bits per heavy atom. The van der Waals surface area contributed by atoms with Gasteiger partial charge < -0.3 is 4.74 Å². The van der Waals surface area contributed by atoms with Gasteiger partial charge in [0.2, 0.25) is 0 Å². The van der Waals surface area contributed by atoms with Crippen LogP contribution < -0.4 is 0 Å². The summed E-state index contributed by atoms with van der Waals surface area (Å²) < 4.78 is 19.6. The number of hydrogen-bond donors (Lipinski definition) is 0. The lowest BCUT2D eigenvalue weighted by Crippen LogP contribution is -2.07. The van der Waals surface area contributed by atoms with Crippen LogP contribution in [0, 0.1) is 17.1 Å². The summed E-state index contributed by atoms with van der Waals surface area (Å²) in [6, 6.07) is 13.6. The zero-order valence-corrected chi connectivity index (χ0v) is 13.3. The highest BCUT2D eigenvalue weighted by Crippen LogP contribution is 2.14. The molecule has 2 rings (SSSR count). The molecule has 0 aliphatic carbocycles. The monoisotopic (exact) mass is 361 g/mol. The molecule has 0 spiro atoms. The van der Waals surface area contributed by atoms with E-state index in [0.717, 1.165) is 10.0 Å². The zero-order chi connectivity index (χ0) is 15.9. The van der Waals surface area contributed by atoms with E-state index in [2.05, 4.69) is 15.9 Å². The molecule has 2 aromatic carbocycles. The second-order valence-electron chi connectivity index (χ2n) is 4.71. The topological polar surface area (TPSA) is 50.1 Å². The molecule has 0 fully saturated rings. The predicted molar refractivity (Wildman–Crippen MR) is 83.4 cm³/mol. The second-order valence-corrected chi connectivity index (χ2v) is 5.62. The molecule has 3 nitrogen and oxygen atoms in total. The molecule has 0 heterocycles. The van der Waals surface area contributed by atoms with Crippen LogP contribution >= 0.6 is 15.9 Å². The van der Waals surface area contributed by atoms with Crippen LogP contribution in [0.5, 0.6) is 0 Å². The first kappa shape index (κ1) is 16.2. The van der Waals surface area contributed by atoms with Gasteiger partial charge in [-0.25, -0.2) is 4.39 Å². The van der Waals surface area contributed by atoms with Crippen molar-refractivity contribution in [3.05, 3.63) is 69.4 Å². The smallest absolute Gasteiger partial charge is 0.306 e. The van der Waals surface area contributed by atoms with Crippen molar-refractivity contribution in [3.63, 3.8) is 0 Å². The highest BCUT2D eigenvalue weighted by molar-refractivity contribution is 9.10. The van der Waals surface area contributed by atoms with Crippen LogP contribution in [-0.2, 0) is 22.6 Å². The molecule has 22 heavy (non-hydrogen) atoms. The van der Waals surface area contributed by atoms with Gasteiger partial charge in [-0.2, -0.15) is 5.26 Å². The van der Waals surface area contributed by atoms with E-state index in [9.17, 15) is 9.18 Å². The Morgan fingerprint density at radius 3 is 2.82 bits per heavy atom. The Kier molecular flexibility index (Phi) is 5.68. The van der Waals surface area contributed by atoms with Gasteiger partial charge in [-0.1, -0.05) is 28.1 Å². The zero-order valence-electron chi connectivity index (χ0n) is 11.7. The van der Waals surface area contributed by atoms with Crippen LogP contribution in [0.15, 0.2) is 46.9 Å². The first-order chi connectivity index (χ1) is 10.6. The molecule has 0 saturated carbocycles. The molecule has 112 valence electrons. The first-order valence-corrected chi connectivity index (χ1v) is 7.46. The molecule has 5 heteroatoms. The number of aryl methyl sites for hydroxylation is 1. The van der Waals surface area contributed by atoms with Crippen LogP contribution in [-0.4, -0.2) is 5.97 Å². The maximum atomic E-state index is 13.5. The highest BCUT2D eigenvalue weighted by Gasteiger charge is 2.08. The van der Waals surface area contributed by atoms with Gasteiger partial charge in [-0.05, 0) is 42.3 Å². The summed E-state index contributed by atoms with van der Waals surface area (Å²) in [5, 5.41) is 8.78. The van der Waals surface area contributed by atoms with E-state index in [0.29, 0.717) is 12.0 Å². The molecule has 0 N–H and O–H groups in total. The molecule has 0 bridgehead atoms. The van der Waals surface area contributed by atoms with Crippen molar-refractivity contribution in [3.8, 4) is 6.07 Å².